The number of nitrogens with zero attached hydrogens (tertiary/aromatic N) is 2. The molecule has 1 saturated carbocycles. The second-order valence-corrected chi connectivity index (χ2v) is 27.7. The molecular weight excluding hydrogens is 1160 g/mol. The van der Waals surface area contributed by atoms with Gasteiger partial charge in [-0.2, -0.15) is 26.3 Å². The van der Waals surface area contributed by atoms with Crippen LogP contribution in [0.25, 0.3) is 48.7 Å². The van der Waals surface area contributed by atoms with E-state index in [2.05, 4.69) is 39.5 Å². The number of carbonyl (C=O) groups is 4. The molecule has 0 bridgehead atoms. The molecule has 4 heterocycles. The van der Waals surface area contributed by atoms with Gasteiger partial charge in [-0.3, -0.25) is 29.0 Å². The number of carbonyl (C=O) groups excluding carboxylic acids is 4. The number of halogens is 6. The second-order valence-electron chi connectivity index (χ2n) is 25.4. The molecule has 7 aromatic rings. The molecule has 0 spiro atoms. The van der Waals surface area contributed by atoms with Crippen LogP contribution in [0.1, 0.15) is 221 Å². The standard InChI is InChI=1S/C74H72F6N2O4S2/c1-6-10-14-18-26-44(27-19-15-11-7-2)81-66(83)50-37-34-46-47-35-38-52-60-53(69(86)82(68(52)85)45(28-20-16-12-8-3)29-21-17-13-9-4)42-43(57(61(47)60)49-36-39-51(67(81)84)59(50)58(46)49)40-41-71-62(48-30-22-24-32-55(48)88-71)63-64(73(77,78)74(79,80)72(63,75)76)65-70(71,5)54-31-23-25-33-56(54)87-65/h22-25,30-39,42,44-45H,6-21,26-29H2,1-5H3. The molecule has 13 rings (SSSR count). The molecule has 2 atom stereocenters. The van der Waals surface area contributed by atoms with Crippen molar-refractivity contribution in [1.29, 1.82) is 0 Å². The lowest BCUT2D eigenvalue weighted by molar-refractivity contribution is -0.257. The van der Waals surface area contributed by atoms with Gasteiger partial charge in [0.15, 0.2) is 0 Å². The number of rotatable bonds is 22. The van der Waals surface area contributed by atoms with Gasteiger partial charge in [-0.15, -0.1) is 0 Å². The number of benzene rings is 7. The minimum Gasteiger partial charge on any atom is -0.271 e. The summed E-state index contributed by atoms with van der Waals surface area (Å²) in [6.07, 6.45) is 18.0. The monoisotopic (exact) mass is 1230 g/mol. The summed E-state index contributed by atoms with van der Waals surface area (Å²) in [5, 5.41) is 4.27. The van der Waals surface area contributed by atoms with Gasteiger partial charge in [0.05, 0.1) is 5.41 Å². The Hall–Kier alpha value is -6.56. The van der Waals surface area contributed by atoms with Gasteiger partial charge >= 0.3 is 17.8 Å². The molecule has 6 nitrogen and oxygen atoms in total. The first-order valence-electron chi connectivity index (χ1n) is 32.1. The number of amides is 4. The Balaban J connectivity index is 1.09. The lowest BCUT2D eigenvalue weighted by atomic mass is 9.61. The Kier molecular flexibility index (Phi) is 15.6. The maximum absolute atomic E-state index is 17.2. The van der Waals surface area contributed by atoms with Gasteiger partial charge in [-0.05, 0) is 107 Å². The maximum atomic E-state index is 17.2. The Bertz CT molecular complexity index is 4170. The van der Waals surface area contributed by atoms with Crippen molar-refractivity contribution >= 4 is 95.8 Å². The Morgan fingerprint density at radius 2 is 0.909 bits per heavy atom. The van der Waals surface area contributed by atoms with E-state index in [1.807, 2.05) is 18.2 Å². The molecule has 0 radical (unpaired) electrons. The van der Waals surface area contributed by atoms with Crippen molar-refractivity contribution in [3.05, 3.63) is 146 Å². The molecule has 0 saturated heterocycles. The van der Waals surface area contributed by atoms with Crippen LogP contribution in [-0.2, 0) is 5.41 Å². The van der Waals surface area contributed by atoms with Crippen molar-refractivity contribution in [3.63, 3.8) is 0 Å². The normalized spacial score (nSPS) is 21.0. The molecule has 6 aliphatic rings. The van der Waals surface area contributed by atoms with E-state index in [1.165, 1.54) is 15.9 Å². The van der Waals surface area contributed by atoms with E-state index in [0.717, 1.165) is 126 Å². The lowest BCUT2D eigenvalue weighted by Crippen LogP contribution is -2.49. The third-order valence-electron chi connectivity index (χ3n) is 20.2. The van der Waals surface area contributed by atoms with Crippen LogP contribution in [0.3, 0.4) is 0 Å². The minimum atomic E-state index is -5.81. The predicted molar refractivity (Wildman–Crippen MR) is 342 cm³/mol. The van der Waals surface area contributed by atoms with Crippen LogP contribution in [0, 0.1) is 11.8 Å². The van der Waals surface area contributed by atoms with E-state index in [-0.39, 0.29) is 39.5 Å². The van der Waals surface area contributed by atoms with Crippen molar-refractivity contribution in [1.82, 2.24) is 9.80 Å². The zero-order chi connectivity index (χ0) is 61.8. The molecule has 7 aromatic carbocycles. The average molecular weight is 1230 g/mol. The molecule has 0 N–H and O–H groups in total. The largest absolute Gasteiger partial charge is 0.380 e. The van der Waals surface area contributed by atoms with Crippen molar-refractivity contribution in [2.45, 2.75) is 213 Å². The predicted octanol–water partition coefficient (Wildman–Crippen LogP) is 20.4. The first-order valence-corrected chi connectivity index (χ1v) is 33.7. The highest BCUT2D eigenvalue weighted by Gasteiger charge is 2.85. The van der Waals surface area contributed by atoms with Gasteiger partial charge in [0.2, 0.25) is 0 Å². The van der Waals surface area contributed by atoms with Gasteiger partial charge in [-0.1, -0.05) is 220 Å². The third kappa shape index (κ3) is 8.60. The summed E-state index contributed by atoms with van der Waals surface area (Å²) in [7, 11) is 0. The number of hydrogen-bond donors (Lipinski definition) is 0. The number of alkyl halides is 6. The topological polar surface area (TPSA) is 74.8 Å². The molecule has 2 aliphatic carbocycles. The molecule has 456 valence electrons. The van der Waals surface area contributed by atoms with Crippen LogP contribution in [0.4, 0.5) is 26.3 Å². The van der Waals surface area contributed by atoms with Crippen LogP contribution >= 0.6 is 23.5 Å². The van der Waals surface area contributed by atoms with Gasteiger partial charge < -0.3 is 0 Å². The van der Waals surface area contributed by atoms with E-state index < -0.39 is 62.5 Å². The molecule has 88 heavy (non-hydrogen) atoms. The van der Waals surface area contributed by atoms with Crippen molar-refractivity contribution in [2.75, 3.05) is 0 Å². The number of unbranched alkanes of at least 4 members (excludes halogenated alkanes) is 12. The van der Waals surface area contributed by atoms with E-state index in [0.29, 0.717) is 101 Å². The first-order chi connectivity index (χ1) is 42.4. The quantitative estimate of drug-likeness (QED) is 0.0168. The Morgan fingerprint density at radius 3 is 1.44 bits per heavy atom. The highest BCUT2D eigenvalue weighted by Crippen LogP contribution is 2.78. The smallest absolute Gasteiger partial charge is 0.271 e. The summed E-state index contributed by atoms with van der Waals surface area (Å²) >= 11 is 1.87. The highest BCUT2D eigenvalue weighted by molar-refractivity contribution is 8.04. The third-order valence-corrected chi connectivity index (χ3v) is 23.2. The fourth-order valence-corrected chi connectivity index (χ4v) is 18.9. The molecule has 4 amide bonds. The van der Waals surface area contributed by atoms with Crippen molar-refractivity contribution in [3.8, 4) is 11.8 Å². The zero-order valence-electron chi connectivity index (χ0n) is 50.6. The summed E-state index contributed by atoms with van der Waals surface area (Å²) < 4.78 is 98.8. The van der Waals surface area contributed by atoms with Crippen LogP contribution < -0.4 is 0 Å². The van der Waals surface area contributed by atoms with Crippen LogP contribution in [-0.4, -0.2) is 68.0 Å². The summed E-state index contributed by atoms with van der Waals surface area (Å²) in [4.78, 5) is 65.3. The van der Waals surface area contributed by atoms with E-state index in [9.17, 15) is 0 Å². The number of allylic oxidation sites excluding steroid dienone is 3. The molecule has 1 fully saturated rings. The Morgan fingerprint density at radius 1 is 0.455 bits per heavy atom. The van der Waals surface area contributed by atoms with Gasteiger partial charge in [0.1, 0.15) is 4.75 Å². The van der Waals surface area contributed by atoms with Gasteiger partial charge in [0.25, 0.3) is 23.6 Å². The number of thioether (sulfide) groups is 2. The van der Waals surface area contributed by atoms with Gasteiger partial charge in [0, 0.05) is 87.3 Å². The van der Waals surface area contributed by atoms with E-state index in [4.69, 9.17) is 0 Å². The molecule has 0 aromatic heterocycles. The van der Waals surface area contributed by atoms with Gasteiger partial charge in [-0.25, -0.2) is 0 Å². The van der Waals surface area contributed by atoms with E-state index in [1.54, 1.807) is 73.7 Å². The average Bonchev–Trinajstić information content (AvgIpc) is 1.46. The fourth-order valence-electron chi connectivity index (χ4n) is 15.7. The molecular formula is C74H72F6N2O4S2. The molecule has 2 unspecified atom stereocenters. The summed E-state index contributed by atoms with van der Waals surface area (Å²) in [5.41, 5.74) is -2.96. The zero-order valence-corrected chi connectivity index (χ0v) is 52.2. The Labute approximate surface area is 519 Å². The minimum absolute atomic E-state index is 0.0907. The maximum Gasteiger partial charge on any atom is 0.380 e. The number of hydrogen-bond acceptors (Lipinski definition) is 6. The van der Waals surface area contributed by atoms with Crippen molar-refractivity contribution in [2.24, 2.45) is 0 Å². The van der Waals surface area contributed by atoms with Crippen LogP contribution in [0.2, 0.25) is 0 Å². The van der Waals surface area contributed by atoms with Crippen LogP contribution in [0.5, 0.6) is 0 Å². The van der Waals surface area contributed by atoms with Crippen LogP contribution in [0.15, 0.2) is 117 Å². The number of fused-ring (bicyclic) bond motifs is 10. The van der Waals surface area contributed by atoms with Crippen molar-refractivity contribution < 1.29 is 45.5 Å². The number of imide groups is 2. The summed E-state index contributed by atoms with van der Waals surface area (Å²) in [6.45, 7) is 10.2. The fraction of sp³-hybridized carbons (Fsp3) is 0.432. The molecule has 4 aliphatic heterocycles. The summed E-state index contributed by atoms with van der Waals surface area (Å²) in [6, 6.07) is 25.0. The first kappa shape index (κ1) is 60.4. The summed E-state index contributed by atoms with van der Waals surface area (Å²) in [5.74, 6) is -11.2. The SMILES string of the molecule is CCCCCCC(CCCCCC)N1C(=O)c2ccc3c4ccc5c6c(cc(C#CC78Sc9ccccc9C7=C7C(=C9Sc%10ccccc%10C98C)C(F)(F)C(F)(F)C7(F)F)c(c7ccc(c2c37)C1=O)c64)C(=O)N(C(CCCCCC)CCCCCC)C5=O. The van der Waals surface area contributed by atoms with E-state index >= 15 is 45.5 Å². The highest BCUT2D eigenvalue weighted by atomic mass is 32.2. The second kappa shape index (κ2) is 22.7. The molecule has 14 heteroatoms. The lowest BCUT2D eigenvalue weighted by Gasteiger charge is -2.46.